The summed E-state index contributed by atoms with van der Waals surface area (Å²) < 4.78 is 12.5. The van der Waals surface area contributed by atoms with Gasteiger partial charge in [0, 0.05) is 33.0 Å². The third kappa shape index (κ3) is 5.30. The third-order valence-corrected chi connectivity index (χ3v) is 9.39. The number of rotatable bonds is 6. The topological polar surface area (TPSA) is 77.8 Å². The van der Waals surface area contributed by atoms with E-state index >= 15 is 0 Å². The summed E-state index contributed by atoms with van der Waals surface area (Å²) in [5.41, 5.74) is 11.0. The highest BCUT2D eigenvalue weighted by molar-refractivity contribution is 6.12. The van der Waals surface area contributed by atoms with Crippen molar-refractivity contribution in [1.29, 1.82) is 0 Å². The summed E-state index contributed by atoms with van der Waals surface area (Å²) in [6.45, 7) is 0. The molecule has 0 amide bonds. The molecule has 0 unspecified atom stereocenters. The van der Waals surface area contributed by atoms with E-state index in [1.54, 1.807) is 0 Å². The van der Waals surface area contributed by atoms with Crippen LogP contribution in [0.3, 0.4) is 0 Å². The number of aromatic nitrogens is 4. The van der Waals surface area contributed by atoms with Crippen molar-refractivity contribution in [2.75, 3.05) is 0 Å². The van der Waals surface area contributed by atoms with Gasteiger partial charge in [-0.25, -0.2) is 19.9 Å². The molecule has 6 heteroatoms. The van der Waals surface area contributed by atoms with Gasteiger partial charge in [0.15, 0.2) is 23.1 Å². The minimum absolute atomic E-state index is 0.553. The van der Waals surface area contributed by atoms with Crippen LogP contribution >= 0.6 is 0 Å². The predicted octanol–water partition coefficient (Wildman–Crippen LogP) is 11.9. The van der Waals surface area contributed by atoms with Crippen LogP contribution in [0.5, 0.6) is 0 Å². The lowest BCUT2D eigenvalue weighted by atomic mass is 10.0. The van der Waals surface area contributed by atoms with Crippen LogP contribution in [0.4, 0.5) is 0 Å². The van der Waals surface area contributed by atoms with Crippen molar-refractivity contribution in [3.63, 3.8) is 0 Å². The van der Waals surface area contributed by atoms with E-state index < -0.39 is 0 Å². The minimum Gasteiger partial charge on any atom is -0.456 e. The molecular formula is C46H28N4O2. The summed E-state index contributed by atoms with van der Waals surface area (Å²) in [4.78, 5) is 20.1. The van der Waals surface area contributed by atoms with Crippen molar-refractivity contribution < 1.29 is 8.83 Å². The molecule has 0 aliphatic rings. The fourth-order valence-corrected chi connectivity index (χ4v) is 6.81. The predicted molar refractivity (Wildman–Crippen MR) is 207 cm³/mol. The maximum atomic E-state index is 6.39. The second kappa shape index (κ2) is 12.3. The maximum Gasteiger partial charge on any atom is 0.227 e. The molecule has 3 aromatic heterocycles. The van der Waals surface area contributed by atoms with E-state index in [1.165, 1.54) is 0 Å². The molecule has 10 rings (SSSR count). The van der Waals surface area contributed by atoms with Crippen LogP contribution in [0.2, 0.25) is 0 Å². The molecule has 52 heavy (non-hydrogen) atoms. The molecule has 0 aliphatic carbocycles. The molecule has 0 aliphatic heterocycles. The molecule has 10 aromatic rings. The van der Waals surface area contributed by atoms with E-state index in [0.717, 1.165) is 77.5 Å². The summed E-state index contributed by atoms with van der Waals surface area (Å²) in [6, 6.07) is 57.2. The molecule has 3 heterocycles. The highest BCUT2D eigenvalue weighted by atomic mass is 16.3. The first-order chi connectivity index (χ1) is 25.7. The molecular weight excluding hydrogens is 641 g/mol. The SMILES string of the molecule is c1ccc(-c2ccc(-c3nc(-c4cccc(-c5ccccc5)c4)nc(-c4cccc5oc6ccc(-c7nc8ccccc8o7)cc6c45)n3)cc2)cc1. The third-order valence-electron chi connectivity index (χ3n) is 9.39. The lowest BCUT2D eigenvalue weighted by Gasteiger charge is -2.11. The molecule has 0 saturated heterocycles. The Morgan fingerprint density at radius 2 is 0.904 bits per heavy atom. The summed E-state index contributed by atoms with van der Waals surface area (Å²) >= 11 is 0. The maximum absolute atomic E-state index is 6.39. The Bertz CT molecular complexity index is 2860. The standard InChI is InChI=1S/C46H28N4O2/c1-3-11-29(12-4-1)31-21-23-32(24-22-31)43-48-44(34-16-9-15-33(27-34)30-13-5-2-6-14-30)50-45(49-43)36-17-10-20-41-42(36)37-28-35(25-26-39(37)51-41)46-47-38-18-7-8-19-40(38)52-46/h1-28H. The van der Waals surface area contributed by atoms with Crippen LogP contribution in [0, 0.1) is 0 Å². The number of oxazole rings is 1. The van der Waals surface area contributed by atoms with E-state index in [4.69, 9.17) is 28.8 Å². The van der Waals surface area contributed by atoms with Gasteiger partial charge in [-0.15, -0.1) is 0 Å². The Morgan fingerprint density at radius 3 is 1.69 bits per heavy atom. The molecule has 0 atom stereocenters. The molecule has 244 valence electrons. The van der Waals surface area contributed by atoms with E-state index in [-0.39, 0.29) is 0 Å². The number of benzene rings is 7. The van der Waals surface area contributed by atoms with Crippen LogP contribution in [-0.4, -0.2) is 19.9 Å². The summed E-state index contributed by atoms with van der Waals surface area (Å²) in [6.07, 6.45) is 0. The van der Waals surface area contributed by atoms with Gasteiger partial charge in [-0.3, -0.25) is 0 Å². The Hall–Kier alpha value is -7.18. The molecule has 0 bridgehead atoms. The van der Waals surface area contributed by atoms with Crippen molar-refractivity contribution >= 4 is 33.0 Å². The molecule has 7 aromatic carbocycles. The molecule has 0 saturated carbocycles. The van der Waals surface area contributed by atoms with Crippen LogP contribution in [-0.2, 0) is 0 Å². The zero-order valence-electron chi connectivity index (χ0n) is 27.8. The number of furan rings is 1. The van der Waals surface area contributed by atoms with Crippen molar-refractivity contribution in [2.45, 2.75) is 0 Å². The van der Waals surface area contributed by atoms with Crippen LogP contribution in [0.25, 0.3) is 101 Å². The Kier molecular flexibility index (Phi) is 7.03. The molecule has 0 radical (unpaired) electrons. The van der Waals surface area contributed by atoms with Crippen molar-refractivity contribution in [3.05, 3.63) is 170 Å². The van der Waals surface area contributed by atoms with Gasteiger partial charge in [0.1, 0.15) is 16.7 Å². The van der Waals surface area contributed by atoms with Gasteiger partial charge < -0.3 is 8.83 Å². The zero-order chi connectivity index (χ0) is 34.4. The Labute approximate surface area is 298 Å². The summed E-state index contributed by atoms with van der Waals surface area (Å²) in [7, 11) is 0. The Morgan fingerprint density at radius 1 is 0.327 bits per heavy atom. The van der Waals surface area contributed by atoms with Crippen molar-refractivity contribution in [2.24, 2.45) is 0 Å². The Balaban J connectivity index is 1.15. The zero-order valence-corrected chi connectivity index (χ0v) is 27.8. The molecule has 0 N–H and O–H groups in total. The van der Waals surface area contributed by atoms with E-state index in [9.17, 15) is 0 Å². The number of para-hydroxylation sites is 2. The number of fused-ring (bicyclic) bond motifs is 4. The van der Waals surface area contributed by atoms with Crippen LogP contribution < -0.4 is 0 Å². The molecule has 6 nitrogen and oxygen atoms in total. The normalized spacial score (nSPS) is 11.5. The smallest absolute Gasteiger partial charge is 0.227 e. The van der Waals surface area contributed by atoms with Crippen molar-refractivity contribution in [1.82, 2.24) is 19.9 Å². The second-order valence-electron chi connectivity index (χ2n) is 12.7. The lowest BCUT2D eigenvalue weighted by molar-refractivity contribution is 0.620. The lowest BCUT2D eigenvalue weighted by Crippen LogP contribution is -2.00. The monoisotopic (exact) mass is 668 g/mol. The van der Waals surface area contributed by atoms with E-state index in [1.807, 2.05) is 103 Å². The van der Waals surface area contributed by atoms with Gasteiger partial charge in [-0.1, -0.05) is 127 Å². The highest BCUT2D eigenvalue weighted by Crippen LogP contribution is 2.39. The second-order valence-corrected chi connectivity index (χ2v) is 12.7. The first-order valence-electron chi connectivity index (χ1n) is 17.1. The van der Waals surface area contributed by atoms with Gasteiger partial charge in [-0.05, 0) is 64.7 Å². The minimum atomic E-state index is 0.553. The average Bonchev–Trinajstić information content (AvgIpc) is 3.83. The fraction of sp³-hybridized carbons (Fsp3) is 0. The first kappa shape index (κ1) is 29.7. The van der Waals surface area contributed by atoms with Crippen molar-refractivity contribution in [3.8, 4) is 67.9 Å². The van der Waals surface area contributed by atoms with Crippen LogP contribution in [0.15, 0.2) is 179 Å². The number of nitrogens with zero attached hydrogens (tertiary/aromatic N) is 4. The van der Waals surface area contributed by atoms with Gasteiger partial charge >= 0.3 is 0 Å². The van der Waals surface area contributed by atoms with Gasteiger partial charge in [0.25, 0.3) is 0 Å². The fourth-order valence-electron chi connectivity index (χ4n) is 6.81. The average molecular weight is 669 g/mol. The quantitative estimate of drug-likeness (QED) is 0.175. The number of hydrogen-bond acceptors (Lipinski definition) is 6. The van der Waals surface area contributed by atoms with Gasteiger partial charge in [0.05, 0.1) is 0 Å². The van der Waals surface area contributed by atoms with Gasteiger partial charge in [-0.2, -0.15) is 0 Å². The molecule has 0 fully saturated rings. The van der Waals surface area contributed by atoms with E-state index in [0.29, 0.717) is 23.4 Å². The first-order valence-corrected chi connectivity index (χ1v) is 17.1. The highest BCUT2D eigenvalue weighted by Gasteiger charge is 2.19. The van der Waals surface area contributed by atoms with E-state index in [2.05, 4.69) is 66.7 Å². The summed E-state index contributed by atoms with van der Waals surface area (Å²) in [5.74, 6) is 2.28. The number of hydrogen-bond donors (Lipinski definition) is 0. The molecule has 0 spiro atoms. The summed E-state index contributed by atoms with van der Waals surface area (Å²) in [5, 5.41) is 1.84. The largest absolute Gasteiger partial charge is 0.456 e. The van der Waals surface area contributed by atoms with Crippen LogP contribution in [0.1, 0.15) is 0 Å². The van der Waals surface area contributed by atoms with Gasteiger partial charge in [0.2, 0.25) is 5.89 Å².